The Morgan fingerprint density at radius 1 is 1.25 bits per heavy atom. The molecule has 2 aliphatic rings. The molecule has 0 aromatic carbocycles. The second-order valence-corrected chi connectivity index (χ2v) is 5.59. The van der Waals surface area contributed by atoms with E-state index < -0.39 is 0 Å². The molecule has 1 amide bonds. The summed E-state index contributed by atoms with van der Waals surface area (Å²) in [4.78, 5) is 12.0. The van der Waals surface area contributed by atoms with Crippen LogP contribution in [0.5, 0.6) is 0 Å². The number of rotatable bonds is 4. The third-order valence-corrected chi connectivity index (χ3v) is 4.25. The van der Waals surface area contributed by atoms with E-state index in [1.54, 1.807) is 0 Å². The fraction of sp³-hybridized carbons (Fsp3) is 0.923. The minimum absolute atomic E-state index is 0.254. The Bertz CT molecular complexity index is 242. The number of nitrogens with one attached hydrogen (secondary N) is 1. The molecule has 0 heterocycles. The van der Waals surface area contributed by atoms with Gasteiger partial charge in [-0.15, -0.1) is 0 Å². The summed E-state index contributed by atoms with van der Waals surface area (Å²) in [5.74, 6) is 1.95. The summed E-state index contributed by atoms with van der Waals surface area (Å²) in [6.07, 6.45) is 6.91. The van der Waals surface area contributed by atoms with Crippen molar-refractivity contribution in [1.82, 2.24) is 5.32 Å². The largest absolute Gasteiger partial charge is 0.353 e. The number of carbonyl (C=O) groups excluding carboxylic acids is 1. The van der Waals surface area contributed by atoms with Gasteiger partial charge in [0.25, 0.3) is 0 Å². The minimum Gasteiger partial charge on any atom is -0.353 e. The van der Waals surface area contributed by atoms with Crippen LogP contribution in [0.4, 0.5) is 0 Å². The van der Waals surface area contributed by atoms with E-state index in [1.807, 2.05) is 0 Å². The van der Waals surface area contributed by atoms with Crippen molar-refractivity contribution in [2.75, 3.05) is 6.54 Å². The topological polar surface area (TPSA) is 55.1 Å². The Labute approximate surface area is 98.2 Å². The van der Waals surface area contributed by atoms with Gasteiger partial charge in [0, 0.05) is 12.0 Å². The van der Waals surface area contributed by atoms with Crippen molar-refractivity contribution in [1.29, 1.82) is 0 Å². The first-order chi connectivity index (χ1) is 7.70. The molecule has 0 aromatic rings. The summed E-state index contributed by atoms with van der Waals surface area (Å²) < 4.78 is 0. The molecule has 0 aliphatic heterocycles. The van der Waals surface area contributed by atoms with Gasteiger partial charge in [-0.3, -0.25) is 4.79 Å². The van der Waals surface area contributed by atoms with Crippen molar-refractivity contribution in [2.45, 2.75) is 51.5 Å². The van der Waals surface area contributed by atoms with Crippen molar-refractivity contribution in [3.05, 3.63) is 0 Å². The van der Waals surface area contributed by atoms with E-state index in [1.165, 1.54) is 12.8 Å². The van der Waals surface area contributed by atoms with Gasteiger partial charge in [0.2, 0.25) is 5.91 Å². The Balaban J connectivity index is 1.73. The number of hydrogen-bond acceptors (Lipinski definition) is 2. The molecule has 2 saturated carbocycles. The van der Waals surface area contributed by atoms with Gasteiger partial charge in [-0.05, 0) is 63.8 Å². The third-order valence-electron chi connectivity index (χ3n) is 4.25. The van der Waals surface area contributed by atoms with Gasteiger partial charge >= 0.3 is 0 Å². The molecule has 2 fully saturated rings. The lowest BCUT2D eigenvalue weighted by atomic mass is 9.81. The maximum atomic E-state index is 12.0. The van der Waals surface area contributed by atoms with E-state index in [2.05, 4.69) is 12.2 Å². The average Bonchev–Trinajstić information content (AvgIpc) is 3.13. The first-order valence-corrected chi connectivity index (χ1v) is 6.71. The van der Waals surface area contributed by atoms with E-state index in [0.717, 1.165) is 38.1 Å². The van der Waals surface area contributed by atoms with E-state index in [-0.39, 0.29) is 11.8 Å². The number of nitrogens with two attached hydrogens (primary N) is 1. The molecule has 0 aromatic heterocycles. The molecular formula is C13H24N2O. The molecule has 0 radical (unpaired) electrons. The molecule has 1 unspecified atom stereocenters. The molecule has 0 bridgehead atoms. The summed E-state index contributed by atoms with van der Waals surface area (Å²) >= 11 is 0. The maximum Gasteiger partial charge on any atom is 0.223 e. The van der Waals surface area contributed by atoms with Crippen LogP contribution in [0, 0.1) is 17.8 Å². The Morgan fingerprint density at radius 2 is 1.88 bits per heavy atom. The highest BCUT2D eigenvalue weighted by atomic mass is 16.1. The highest BCUT2D eigenvalue weighted by molar-refractivity contribution is 5.79. The van der Waals surface area contributed by atoms with Crippen LogP contribution < -0.4 is 11.1 Å². The van der Waals surface area contributed by atoms with Crippen molar-refractivity contribution in [2.24, 2.45) is 23.5 Å². The lowest BCUT2D eigenvalue weighted by Crippen LogP contribution is -2.40. The van der Waals surface area contributed by atoms with Crippen LogP contribution >= 0.6 is 0 Å². The van der Waals surface area contributed by atoms with Crippen molar-refractivity contribution in [3.63, 3.8) is 0 Å². The monoisotopic (exact) mass is 224 g/mol. The zero-order chi connectivity index (χ0) is 11.5. The van der Waals surface area contributed by atoms with Crippen LogP contribution in [0.15, 0.2) is 0 Å². The highest BCUT2D eigenvalue weighted by Crippen LogP contribution is 2.33. The van der Waals surface area contributed by atoms with Crippen LogP contribution in [-0.4, -0.2) is 18.5 Å². The van der Waals surface area contributed by atoms with E-state index in [9.17, 15) is 4.79 Å². The van der Waals surface area contributed by atoms with E-state index >= 15 is 0 Å². The van der Waals surface area contributed by atoms with Gasteiger partial charge in [-0.2, -0.15) is 0 Å². The minimum atomic E-state index is 0.254. The first-order valence-electron chi connectivity index (χ1n) is 6.71. The molecule has 2 rings (SSSR count). The molecule has 1 atom stereocenters. The van der Waals surface area contributed by atoms with Crippen molar-refractivity contribution < 1.29 is 4.79 Å². The molecule has 0 saturated heterocycles. The smallest absolute Gasteiger partial charge is 0.223 e. The summed E-state index contributed by atoms with van der Waals surface area (Å²) in [6, 6.07) is 0.389. The van der Waals surface area contributed by atoms with E-state index in [4.69, 9.17) is 5.73 Å². The second-order valence-electron chi connectivity index (χ2n) is 5.59. The summed E-state index contributed by atoms with van der Waals surface area (Å²) in [6.45, 7) is 2.92. The molecule has 3 nitrogen and oxygen atoms in total. The Morgan fingerprint density at radius 3 is 2.38 bits per heavy atom. The summed E-state index contributed by atoms with van der Waals surface area (Å²) in [5, 5.41) is 3.17. The second kappa shape index (κ2) is 5.17. The van der Waals surface area contributed by atoms with Gasteiger partial charge in [0.05, 0.1) is 0 Å². The molecule has 16 heavy (non-hydrogen) atoms. The van der Waals surface area contributed by atoms with Crippen molar-refractivity contribution >= 4 is 5.91 Å². The molecule has 92 valence electrons. The molecule has 0 spiro atoms. The fourth-order valence-corrected chi connectivity index (χ4v) is 2.72. The Kier molecular flexibility index (Phi) is 3.85. The first kappa shape index (κ1) is 11.9. The highest BCUT2D eigenvalue weighted by Gasteiger charge is 2.31. The molecular weight excluding hydrogens is 200 g/mol. The van der Waals surface area contributed by atoms with Crippen LogP contribution in [-0.2, 0) is 4.79 Å². The SMILES string of the molecule is CC(NC(=O)C1CCC(CN)CC1)C1CC1. The van der Waals surface area contributed by atoms with Gasteiger partial charge in [0.15, 0.2) is 0 Å². The van der Waals surface area contributed by atoms with Gasteiger partial charge in [-0.1, -0.05) is 0 Å². The average molecular weight is 224 g/mol. The normalized spacial score (nSPS) is 32.1. The van der Waals surface area contributed by atoms with E-state index in [0.29, 0.717) is 12.0 Å². The predicted octanol–water partition coefficient (Wildman–Crippen LogP) is 1.67. The zero-order valence-corrected chi connectivity index (χ0v) is 10.2. The maximum absolute atomic E-state index is 12.0. The fourth-order valence-electron chi connectivity index (χ4n) is 2.72. The lowest BCUT2D eigenvalue weighted by Gasteiger charge is -2.27. The van der Waals surface area contributed by atoms with Crippen molar-refractivity contribution in [3.8, 4) is 0 Å². The van der Waals surface area contributed by atoms with Gasteiger partial charge in [-0.25, -0.2) is 0 Å². The van der Waals surface area contributed by atoms with Gasteiger partial charge < -0.3 is 11.1 Å². The molecule has 2 aliphatic carbocycles. The molecule has 3 N–H and O–H groups in total. The number of amides is 1. The Hall–Kier alpha value is -0.570. The third kappa shape index (κ3) is 2.97. The summed E-state index contributed by atoms with van der Waals surface area (Å²) in [7, 11) is 0. The van der Waals surface area contributed by atoms with Crippen LogP contribution in [0.2, 0.25) is 0 Å². The number of hydrogen-bond donors (Lipinski definition) is 2. The lowest BCUT2D eigenvalue weighted by molar-refractivity contribution is -0.126. The zero-order valence-electron chi connectivity index (χ0n) is 10.2. The molecule has 3 heteroatoms. The predicted molar refractivity (Wildman–Crippen MR) is 64.8 cm³/mol. The number of carbonyl (C=O) groups is 1. The summed E-state index contributed by atoms with van der Waals surface area (Å²) in [5.41, 5.74) is 5.65. The van der Waals surface area contributed by atoms with Crippen LogP contribution in [0.3, 0.4) is 0 Å². The standard InChI is InChI=1S/C13H24N2O/c1-9(11-6-7-11)15-13(16)12-4-2-10(8-14)3-5-12/h9-12H,2-8,14H2,1H3,(H,15,16). The quantitative estimate of drug-likeness (QED) is 0.763. The van der Waals surface area contributed by atoms with Crippen LogP contribution in [0.25, 0.3) is 0 Å². The van der Waals surface area contributed by atoms with Crippen LogP contribution in [0.1, 0.15) is 45.4 Å². The van der Waals surface area contributed by atoms with Gasteiger partial charge in [0.1, 0.15) is 0 Å².